The van der Waals surface area contributed by atoms with Crippen LogP contribution >= 0.6 is 27.7 Å². The van der Waals surface area contributed by atoms with Gasteiger partial charge in [0.15, 0.2) is 0 Å². The molecule has 7 atom stereocenters. The number of hydrogen-bond acceptors (Lipinski definition) is 6. The van der Waals surface area contributed by atoms with Crippen LogP contribution in [-0.2, 0) is 25.5 Å². The quantitative estimate of drug-likeness (QED) is 0.285. The number of aliphatic hydroxyl groups excluding tert-OH is 1. The van der Waals surface area contributed by atoms with Gasteiger partial charge in [-0.25, -0.2) is 0 Å². The Bertz CT molecular complexity index is 1450. The first-order chi connectivity index (χ1) is 19.4. The average molecular weight is 624 g/mol. The lowest BCUT2D eigenvalue weighted by Crippen LogP contribution is -2.55. The van der Waals surface area contributed by atoms with E-state index in [0.717, 1.165) is 16.3 Å². The SMILES string of the molecule is CCOC(=O)[C@H]1[C@H]2C(=O)N([C@@H](CO)Cc3ccccc3)C(C(=O)Nc3ccc4ccccc4c3)C23CC(Br)[C@@H]1S3. The number of rotatable bonds is 8. The molecule has 0 saturated carbocycles. The Hall–Kier alpha value is -2.88. The third kappa shape index (κ3) is 4.43. The molecule has 0 aromatic heterocycles. The van der Waals surface area contributed by atoms with Gasteiger partial charge in [0.05, 0.1) is 35.8 Å². The van der Waals surface area contributed by atoms with Crippen LogP contribution in [0.3, 0.4) is 0 Å². The number of esters is 1. The Balaban J connectivity index is 1.40. The summed E-state index contributed by atoms with van der Waals surface area (Å²) in [7, 11) is 0. The molecule has 0 radical (unpaired) electrons. The molecule has 1 spiro atoms. The number of aliphatic hydroxyl groups is 1. The molecule has 3 fully saturated rings. The molecule has 2 amide bonds. The summed E-state index contributed by atoms with van der Waals surface area (Å²) in [6.07, 6.45) is 0.950. The highest BCUT2D eigenvalue weighted by molar-refractivity contribution is 9.09. The van der Waals surface area contributed by atoms with Gasteiger partial charge in [0, 0.05) is 15.8 Å². The van der Waals surface area contributed by atoms with E-state index in [9.17, 15) is 19.5 Å². The van der Waals surface area contributed by atoms with Crippen LogP contribution in [0.2, 0.25) is 0 Å². The largest absolute Gasteiger partial charge is 0.466 e. The van der Waals surface area contributed by atoms with Crippen molar-refractivity contribution < 1.29 is 24.2 Å². The Morgan fingerprint density at radius 1 is 1.12 bits per heavy atom. The monoisotopic (exact) mass is 622 g/mol. The van der Waals surface area contributed by atoms with Gasteiger partial charge in [0.1, 0.15) is 6.04 Å². The van der Waals surface area contributed by atoms with Crippen molar-refractivity contribution >= 4 is 61.9 Å². The van der Waals surface area contributed by atoms with E-state index in [1.165, 1.54) is 0 Å². The predicted molar refractivity (Wildman–Crippen MR) is 159 cm³/mol. The topological polar surface area (TPSA) is 95.9 Å². The molecule has 2 bridgehead atoms. The molecule has 208 valence electrons. The van der Waals surface area contributed by atoms with Crippen molar-refractivity contribution in [1.82, 2.24) is 4.90 Å². The number of thioether (sulfide) groups is 1. The fourth-order valence-corrected chi connectivity index (χ4v) is 10.5. The zero-order chi connectivity index (χ0) is 28.0. The molecule has 40 heavy (non-hydrogen) atoms. The number of anilines is 1. The lowest BCUT2D eigenvalue weighted by Gasteiger charge is -2.37. The van der Waals surface area contributed by atoms with Crippen LogP contribution in [0.15, 0.2) is 72.8 Å². The van der Waals surface area contributed by atoms with Gasteiger partial charge >= 0.3 is 5.97 Å². The molecule has 3 saturated heterocycles. The van der Waals surface area contributed by atoms with Crippen LogP contribution < -0.4 is 5.32 Å². The highest BCUT2D eigenvalue weighted by Gasteiger charge is 2.76. The Morgan fingerprint density at radius 2 is 1.85 bits per heavy atom. The Morgan fingerprint density at radius 3 is 2.58 bits per heavy atom. The molecule has 7 nitrogen and oxygen atoms in total. The van der Waals surface area contributed by atoms with E-state index in [4.69, 9.17) is 4.74 Å². The normalized spacial score (nSPS) is 29.4. The number of carbonyl (C=O) groups excluding carboxylic acids is 3. The van der Waals surface area contributed by atoms with Crippen molar-refractivity contribution in [3.05, 3.63) is 78.4 Å². The summed E-state index contributed by atoms with van der Waals surface area (Å²) in [4.78, 5) is 43.4. The molecule has 3 heterocycles. The predicted octanol–water partition coefficient (Wildman–Crippen LogP) is 4.41. The molecule has 3 unspecified atom stereocenters. The second-order valence-corrected chi connectivity index (χ2v) is 13.5. The van der Waals surface area contributed by atoms with E-state index >= 15 is 0 Å². The standard InChI is InChI=1S/C31H31BrN2O5S/c1-2-39-30(38)24-25-29(37)34(22(17-35)14-18-8-4-3-5-9-18)27(31(25)16-23(32)26(24)40-31)28(36)33-21-13-12-19-10-6-7-11-20(19)15-21/h3-13,15,22-27,35H,2,14,16-17H2,1H3,(H,33,36)/t22-,23?,24+,25+,26+,27?,31?/m1/s1. The van der Waals surface area contributed by atoms with Crippen molar-refractivity contribution in [3.63, 3.8) is 0 Å². The van der Waals surface area contributed by atoms with E-state index in [1.807, 2.05) is 72.8 Å². The number of likely N-dealkylation sites (tertiary alicyclic amines) is 1. The lowest BCUT2D eigenvalue weighted by molar-refractivity contribution is -0.154. The summed E-state index contributed by atoms with van der Waals surface area (Å²) < 4.78 is 4.62. The molecule has 3 aromatic carbocycles. The number of nitrogens with zero attached hydrogens (tertiary/aromatic N) is 1. The van der Waals surface area contributed by atoms with Crippen molar-refractivity contribution in [2.75, 3.05) is 18.5 Å². The Kier molecular flexibility index (Phi) is 7.39. The molecule has 9 heteroatoms. The van der Waals surface area contributed by atoms with Gasteiger partial charge < -0.3 is 20.1 Å². The first-order valence-corrected chi connectivity index (χ1v) is 15.4. The maximum atomic E-state index is 14.3. The van der Waals surface area contributed by atoms with Gasteiger partial charge in [0.2, 0.25) is 11.8 Å². The number of alkyl halides is 1. The molecule has 0 aliphatic carbocycles. The van der Waals surface area contributed by atoms with Crippen LogP contribution in [-0.4, -0.2) is 67.9 Å². The molecule has 3 aliphatic heterocycles. The first-order valence-electron chi connectivity index (χ1n) is 13.6. The van der Waals surface area contributed by atoms with E-state index in [0.29, 0.717) is 18.5 Å². The van der Waals surface area contributed by atoms with E-state index in [1.54, 1.807) is 23.6 Å². The molecule has 3 aliphatic rings. The fourth-order valence-electron chi connectivity index (χ4n) is 6.88. The Labute approximate surface area is 245 Å². The summed E-state index contributed by atoms with van der Waals surface area (Å²) in [6.45, 7) is 1.67. The highest BCUT2D eigenvalue weighted by atomic mass is 79.9. The van der Waals surface area contributed by atoms with Crippen LogP contribution in [0.4, 0.5) is 5.69 Å². The second-order valence-electron chi connectivity index (χ2n) is 10.7. The average Bonchev–Trinajstić information content (AvgIpc) is 3.55. The zero-order valence-electron chi connectivity index (χ0n) is 22.0. The van der Waals surface area contributed by atoms with Crippen molar-refractivity contribution in [2.45, 2.75) is 46.7 Å². The van der Waals surface area contributed by atoms with Gasteiger partial charge in [-0.3, -0.25) is 14.4 Å². The van der Waals surface area contributed by atoms with Crippen LogP contribution in [0.5, 0.6) is 0 Å². The van der Waals surface area contributed by atoms with Crippen molar-refractivity contribution in [3.8, 4) is 0 Å². The van der Waals surface area contributed by atoms with Gasteiger partial charge in [-0.15, -0.1) is 11.8 Å². The second kappa shape index (κ2) is 10.8. The first kappa shape index (κ1) is 27.3. The summed E-state index contributed by atoms with van der Waals surface area (Å²) >= 11 is 5.32. The number of fused-ring (bicyclic) bond motifs is 2. The smallest absolute Gasteiger partial charge is 0.310 e. The highest BCUT2D eigenvalue weighted by Crippen LogP contribution is 2.68. The minimum Gasteiger partial charge on any atom is -0.466 e. The number of halogens is 1. The number of hydrogen-bond donors (Lipinski definition) is 2. The zero-order valence-corrected chi connectivity index (χ0v) is 24.4. The van der Waals surface area contributed by atoms with E-state index in [2.05, 4.69) is 21.2 Å². The van der Waals surface area contributed by atoms with Crippen LogP contribution in [0, 0.1) is 11.8 Å². The van der Waals surface area contributed by atoms with Crippen LogP contribution in [0.1, 0.15) is 18.9 Å². The summed E-state index contributed by atoms with van der Waals surface area (Å²) in [5.74, 6) is -2.33. The van der Waals surface area contributed by atoms with Crippen molar-refractivity contribution in [2.24, 2.45) is 11.8 Å². The van der Waals surface area contributed by atoms with Crippen molar-refractivity contribution in [1.29, 1.82) is 0 Å². The maximum absolute atomic E-state index is 14.3. The van der Waals surface area contributed by atoms with Gasteiger partial charge in [-0.05, 0) is 48.2 Å². The third-order valence-corrected chi connectivity index (χ3v) is 11.7. The summed E-state index contributed by atoms with van der Waals surface area (Å²) in [6, 6.07) is 21.8. The van der Waals surface area contributed by atoms with Crippen LogP contribution in [0.25, 0.3) is 10.8 Å². The molecular weight excluding hydrogens is 592 g/mol. The number of benzene rings is 3. The summed E-state index contributed by atoms with van der Waals surface area (Å²) in [5.41, 5.74) is 1.59. The molecule has 6 rings (SSSR count). The third-order valence-electron chi connectivity index (χ3n) is 8.47. The minimum atomic E-state index is -0.869. The summed E-state index contributed by atoms with van der Waals surface area (Å²) in [5, 5.41) is 15.5. The number of ether oxygens (including phenoxy) is 1. The fraction of sp³-hybridized carbons (Fsp3) is 0.387. The number of amides is 2. The number of nitrogens with one attached hydrogen (secondary N) is 1. The van der Waals surface area contributed by atoms with Gasteiger partial charge in [0.25, 0.3) is 0 Å². The van der Waals surface area contributed by atoms with Gasteiger partial charge in [-0.2, -0.15) is 0 Å². The molecule has 2 N–H and O–H groups in total. The molecular formula is C31H31BrN2O5S. The maximum Gasteiger partial charge on any atom is 0.310 e. The van der Waals surface area contributed by atoms with E-state index < -0.39 is 34.6 Å². The van der Waals surface area contributed by atoms with Gasteiger partial charge in [-0.1, -0.05) is 76.6 Å². The molecule has 3 aromatic rings. The lowest BCUT2D eigenvalue weighted by atomic mass is 9.71. The number of carbonyl (C=O) groups is 3. The minimum absolute atomic E-state index is 0.0476. The van der Waals surface area contributed by atoms with E-state index in [-0.39, 0.29) is 35.1 Å².